The molecular weight excluding hydrogens is 260 g/mol. The fourth-order valence-corrected chi connectivity index (χ4v) is 2.02. The lowest BCUT2D eigenvalue weighted by molar-refractivity contribution is 1.37. The third-order valence-corrected chi connectivity index (χ3v) is 2.83. The van der Waals surface area contributed by atoms with Gasteiger partial charge in [-0.1, -0.05) is 12.1 Å². The number of hydrogen-bond donors (Lipinski definition) is 3. The van der Waals surface area contributed by atoms with Crippen LogP contribution in [0, 0.1) is 0 Å². The van der Waals surface area contributed by atoms with Crippen LogP contribution in [0.15, 0.2) is 65.3 Å². The molecule has 0 saturated carbocycles. The van der Waals surface area contributed by atoms with E-state index in [-0.39, 0.29) is 0 Å². The lowest BCUT2D eigenvalue weighted by Crippen LogP contribution is -1.99. The molecule has 4 heteroatoms. The van der Waals surface area contributed by atoms with Crippen molar-refractivity contribution in [1.29, 1.82) is 0 Å². The quantitative estimate of drug-likeness (QED) is 0.586. The fourth-order valence-electron chi connectivity index (χ4n) is 2.02. The number of hydrogen-bond acceptors (Lipinski definition) is 4. The van der Waals surface area contributed by atoms with E-state index in [4.69, 9.17) is 11.5 Å². The van der Waals surface area contributed by atoms with Gasteiger partial charge in [0.1, 0.15) is 0 Å². The summed E-state index contributed by atoms with van der Waals surface area (Å²) in [6.45, 7) is 3.94. The minimum absolute atomic E-state index is 0.711. The number of nitrogens with zero attached hydrogens (tertiary/aromatic N) is 1. The monoisotopic (exact) mass is 280 g/mol. The number of nitrogens with one attached hydrogen (secondary N) is 1. The first-order chi connectivity index (χ1) is 10.0. The van der Waals surface area contributed by atoms with E-state index in [0.717, 1.165) is 28.5 Å². The van der Waals surface area contributed by atoms with Crippen molar-refractivity contribution in [3.63, 3.8) is 0 Å². The number of nitrogen functional groups attached to an aromatic ring is 2. The van der Waals surface area contributed by atoms with Gasteiger partial charge in [0.25, 0.3) is 0 Å². The van der Waals surface area contributed by atoms with Gasteiger partial charge in [0.05, 0.1) is 5.69 Å². The Morgan fingerprint density at radius 2 is 1.67 bits per heavy atom. The molecule has 0 saturated heterocycles. The van der Waals surface area contributed by atoms with Gasteiger partial charge in [0, 0.05) is 28.5 Å². The maximum atomic E-state index is 5.76. The number of aliphatic imine (C=N–C) groups is 1. The van der Waals surface area contributed by atoms with Crippen molar-refractivity contribution in [1.82, 2.24) is 0 Å². The predicted molar refractivity (Wildman–Crippen MR) is 91.9 cm³/mol. The van der Waals surface area contributed by atoms with Crippen LogP contribution in [0.25, 0.3) is 0 Å². The molecule has 0 bridgehead atoms. The maximum Gasteiger partial charge on any atom is 0.0653 e. The van der Waals surface area contributed by atoms with Crippen LogP contribution in [0.5, 0.6) is 0 Å². The molecule has 0 amide bonds. The van der Waals surface area contributed by atoms with E-state index >= 15 is 0 Å². The Labute approximate surface area is 125 Å². The molecule has 0 atom stereocenters. The molecule has 0 aromatic heterocycles. The molecule has 0 heterocycles. The highest BCUT2D eigenvalue weighted by molar-refractivity contribution is 5.95. The maximum absolute atomic E-state index is 5.76. The highest BCUT2D eigenvalue weighted by Crippen LogP contribution is 2.17. The van der Waals surface area contributed by atoms with Crippen LogP contribution in [-0.2, 0) is 0 Å². The van der Waals surface area contributed by atoms with Crippen LogP contribution in [0.4, 0.5) is 22.7 Å². The van der Waals surface area contributed by atoms with E-state index in [1.807, 2.05) is 68.5 Å². The minimum Gasteiger partial charge on any atom is -0.399 e. The Kier molecular flexibility index (Phi) is 4.61. The van der Waals surface area contributed by atoms with Crippen molar-refractivity contribution in [2.24, 2.45) is 4.99 Å². The first-order valence-corrected chi connectivity index (χ1v) is 6.74. The second-order valence-electron chi connectivity index (χ2n) is 4.93. The topological polar surface area (TPSA) is 76.4 Å². The van der Waals surface area contributed by atoms with Gasteiger partial charge < -0.3 is 16.8 Å². The summed E-state index contributed by atoms with van der Waals surface area (Å²) in [4.78, 5) is 4.51. The summed E-state index contributed by atoms with van der Waals surface area (Å²) >= 11 is 0. The van der Waals surface area contributed by atoms with Crippen molar-refractivity contribution in [2.75, 3.05) is 16.8 Å². The third-order valence-electron chi connectivity index (χ3n) is 2.83. The summed E-state index contributed by atoms with van der Waals surface area (Å²) < 4.78 is 0. The van der Waals surface area contributed by atoms with Crippen LogP contribution in [0.3, 0.4) is 0 Å². The average Bonchev–Trinajstić information content (AvgIpc) is 2.38. The zero-order valence-corrected chi connectivity index (χ0v) is 12.3. The Hall–Kier alpha value is -2.75. The predicted octanol–water partition coefficient (Wildman–Crippen LogP) is 3.96. The van der Waals surface area contributed by atoms with Crippen molar-refractivity contribution in [3.05, 3.63) is 60.3 Å². The molecule has 0 radical (unpaired) electrons. The second-order valence-corrected chi connectivity index (χ2v) is 4.93. The minimum atomic E-state index is 0.711. The molecule has 0 fully saturated rings. The van der Waals surface area contributed by atoms with E-state index < -0.39 is 0 Å². The van der Waals surface area contributed by atoms with Crippen LogP contribution in [-0.4, -0.2) is 5.71 Å². The molecule has 2 aromatic carbocycles. The Morgan fingerprint density at radius 3 is 2.33 bits per heavy atom. The third kappa shape index (κ3) is 4.69. The summed E-state index contributed by atoms with van der Waals surface area (Å²) in [6.07, 6.45) is 1.98. The standard InChI is InChI=1S/C17H20N4/c1-12(20-16-7-3-5-14(18)10-16)9-13(2)21-17-8-4-6-15(19)11-17/h3-11,20H,18-19H2,1-2H3. The molecule has 2 aromatic rings. The molecule has 2 rings (SSSR count). The largest absolute Gasteiger partial charge is 0.399 e. The summed E-state index contributed by atoms with van der Waals surface area (Å²) in [7, 11) is 0. The summed E-state index contributed by atoms with van der Waals surface area (Å²) in [5.74, 6) is 0. The Morgan fingerprint density at radius 1 is 1.00 bits per heavy atom. The molecule has 21 heavy (non-hydrogen) atoms. The summed E-state index contributed by atoms with van der Waals surface area (Å²) in [5, 5.41) is 3.29. The molecular formula is C17H20N4. The van der Waals surface area contributed by atoms with E-state index in [0.29, 0.717) is 5.69 Å². The Bertz CT molecular complexity index is 687. The molecule has 0 aliphatic carbocycles. The fraction of sp³-hybridized carbons (Fsp3) is 0.118. The van der Waals surface area contributed by atoms with Gasteiger partial charge in [-0.05, 0) is 56.3 Å². The molecule has 4 nitrogen and oxygen atoms in total. The van der Waals surface area contributed by atoms with Crippen molar-refractivity contribution in [2.45, 2.75) is 13.8 Å². The van der Waals surface area contributed by atoms with Gasteiger partial charge in [-0.15, -0.1) is 0 Å². The van der Waals surface area contributed by atoms with E-state index in [2.05, 4.69) is 10.3 Å². The normalized spacial score (nSPS) is 12.3. The van der Waals surface area contributed by atoms with Gasteiger partial charge in [0.2, 0.25) is 0 Å². The first kappa shape index (κ1) is 14.7. The van der Waals surface area contributed by atoms with Crippen molar-refractivity contribution in [3.8, 4) is 0 Å². The van der Waals surface area contributed by atoms with Gasteiger partial charge in [-0.3, -0.25) is 4.99 Å². The second kappa shape index (κ2) is 6.61. The van der Waals surface area contributed by atoms with Gasteiger partial charge in [-0.2, -0.15) is 0 Å². The number of allylic oxidation sites excluding steroid dienone is 2. The molecule has 108 valence electrons. The van der Waals surface area contributed by atoms with Crippen LogP contribution >= 0.6 is 0 Å². The molecule has 0 aliphatic heterocycles. The number of benzene rings is 2. The summed E-state index contributed by atoms with van der Waals surface area (Å²) in [6, 6.07) is 15.1. The van der Waals surface area contributed by atoms with Crippen LogP contribution in [0.1, 0.15) is 13.8 Å². The highest BCUT2D eigenvalue weighted by atomic mass is 14.9. The Balaban J connectivity index is 2.11. The van der Waals surface area contributed by atoms with Crippen LogP contribution < -0.4 is 16.8 Å². The SMILES string of the molecule is CC(=CC(C)=Nc1cccc(N)c1)Nc1cccc(N)c1. The van der Waals surface area contributed by atoms with E-state index in [1.165, 1.54) is 0 Å². The van der Waals surface area contributed by atoms with Gasteiger partial charge in [0.15, 0.2) is 0 Å². The van der Waals surface area contributed by atoms with Gasteiger partial charge >= 0.3 is 0 Å². The summed E-state index contributed by atoms with van der Waals surface area (Å²) in [5.41, 5.74) is 16.6. The number of rotatable bonds is 4. The molecule has 0 spiro atoms. The molecule has 5 N–H and O–H groups in total. The first-order valence-electron chi connectivity index (χ1n) is 6.74. The average molecular weight is 280 g/mol. The number of anilines is 3. The molecule has 0 aliphatic rings. The zero-order valence-electron chi connectivity index (χ0n) is 12.3. The lowest BCUT2D eigenvalue weighted by Gasteiger charge is -2.07. The van der Waals surface area contributed by atoms with Crippen molar-refractivity contribution >= 4 is 28.5 Å². The number of nitrogens with two attached hydrogens (primary N) is 2. The van der Waals surface area contributed by atoms with E-state index in [9.17, 15) is 0 Å². The van der Waals surface area contributed by atoms with Crippen LogP contribution in [0.2, 0.25) is 0 Å². The van der Waals surface area contributed by atoms with Crippen molar-refractivity contribution < 1.29 is 0 Å². The smallest absolute Gasteiger partial charge is 0.0653 e. The molecule has 0 unspecified atom stereocenters. The van der Waals surface area contributed by atoms with Gasteiger partial charge in [-0.25, -0.2) is 0 Å². The highest BCUT2D eigenvalue weighted by Gasteiger charge is 1.96. The lowest BCUT2D eigenvalue weighted by atomic mass is 10.2. The van der Waals surface area contributed by atoms with E-state index in [1.54, 1.807) is 0 Å². The zero-order chi connectivity index (χ0) is 15.2.